The molecule has 0 unspecified atom stereocenters. The highest BCUT2D eigenvalue weighted by atomic mass is 32.1. The van der Waals surface area contributed by atoms with Gasteiger partial charge in [-0.2, -0.15) is 0 Å². The Labute approximate surface area is 152 Å². The summed E-state index contributed by atoms with van der Waals surface area (Å²) in [5.74, 6) is 0.631. The van der Waals surface area contributed by atoms with Crippen LogP contribution in [0, 0.1) is 5.92 Å². The molecule has 25 heavy (non-hydrogen) atoms. The van der Waals surface area contributed by atoms with E-state index in [9.17, 15) is 4.79 Å². The first-order valence-corrected chi connectivity index (χ1v) is 9.76. The molecule has 2 aromatic rings. The summed E-state index contributed by atoms with van der Waals surface area (Å²) in [5, 5.41) is 7.27. The quantitative estimate of drug-likeness (QED) is 0.884. The first-order chi connectivity index (χ1) is 12.2. The van der Waals surface area contributed by atoms with Gasteiger partial charge >= 0.3 is 0 Å². The Morgan fingerprint density at radius 3 is 2.60 bits per heavy atom. The predicted octanol–water partition coefficient (Wildman–Crippen LogP) is 3.06. The van der Waals surface area contributed by atoms with Gasteiger partial charge in [-0.1, -0.05) is 0 Å². The molecule has 6 heteroatoms. The van der Waals surface area contributed by atoms with E-state index in [4.69, 9.17) is 0 Å². The van der Waals surface area contributed by atoms with Crippen molar-refractivity contribution in [3.63, 3.8) is 0 Å². The van der Waals surface area contributed by atoms with Gasteiger partial charge in [-0.3, -0.25) is 9.69 Å². The lowest BCUT2D eigenvalue weighted by atomic mass is 9.79. The average Bonchev–Trinajstić information content (AvgIpc) is 3.15. The Balaban J connectivity index is 1.47. The van der Waals surface area contributed by atoms with E-state index < -0.39 is 0 Å². The highest BCUT2D eigenvalue weighted by Crippen LogP contribution is 2.33. The number of piperidine rings is 3. The Hall–Kier alpha value is -1.92. The van der Waals surface area contributed by atoms with Crippen LogP contribution in [0.3, 0.4) is 0 Å². The average molecular weight is 356 g/mol. The van der Waals surface area contributed by atoms with Crippen LogP contribution in [-0.2, 0) is 0 Å². The van der Waals surface area contributed by atoms with E-state index in [0.29, 0.717) is 16.8 Å². The van der Waals surface area contributed by atoms with Gasteiger partial charge in [-0.15, -0.1) is 11.3 Å². The SMILES string of the molecule is CNc1ccc(-c2ncc(C(=O)N[C@@H]3C4CCN(CC4)[C@@H]3C)s2)cc1. The molecule has 0 radical (unpaired) electrons. The molecule has 5 nitrogen and oxygen atoms in total. The van der Waals surface area contributed by atoms with E-state index >= 15 is 0 Å². The number of nitrogens with zero attached hydrogens (tertiary/aromatic N) is 2. The predicted molar refractivity (Wildman–Crippen MR) is 102 cm³/mol. The number of aromatic nitrogens is 1. The number of thiazole rings is 1. The number of nitrogens with one attached hydrogen (secondary N) is 2. The molecule has 2 atom stereocenters. The minimum absolute atomic E-state index is 0.0150. The van der Waals surface area contributed by atoms with Crippen LogP contribution in [0.25, 0.3) is 10.6 Å². The number of fused-ring (bicyclic) bond motifs is 3. The molecule has 3 aliphatic heterocycles. The van der Waals surface area contributed by atoms with Crippen molar-refractivity contribution in [1.29, 1.82) is 0 Å². The summed E-state index contributed by atoms with van der Waals surface area (Å²) in [5.41, 5.74) is 2.11. The molecule has 5 rings (SSSR count). The summed E-state index contributed by atoms with van der Waals surface area (Å²) in [4.78, 5) is 20.3. The number of hydrogen-bond donors (Lipinski definition) is 2. The van der Waals surface area contributed by atoms with Crippen LogP contribution in [-0.4, -0.2) is 48.0 Å². The second-order valence-corrected chi connectivity index (χ2v) is 8.00. The Morgan fingerprint density at radius 2 is 1.96 bits per heavy atom. The zero-order valence-electron chi connectivity index (χ0n) is 14.7. The van der Waals surface area contributed by atoms with E-state index in [1.807, 2.05) is 31.3 Å². The number of carbonyl (C=O) groups excluding carboxylic acids is 1. The van der Waals surface area contributed by atoms with Crippen molar-refractivity contribution in [2.75, 3.05) is 25.5 Å². The number of anilines is 1. The van der Waals surface area contributed by atoms with Crippen molar-refractivity contribution in [3.05, 3.63) is 35.3 Å². The maximum absolute atomic E-state index is 12.7. The number of rotatable bonds is 4. The second-order valence-electron chi connectivity index (χ2n) is 6.97. The summed E-state index contributed by atoms with van der Waals surface area (Å²) in [7, 11) is 1.90. The molecule has 0 saturated carbocycles. The van der Waals surface area contributed by atoms with Gasteiger partial charge in [0.2, 0.25) is 0 Å². The molecule has 3 fully saturated rings. The highest BCUT2D eigenvalue weighted by molar-refractivity contribution is 7.16. The maximum Gasteiger partial charge on any atom is 0.263 e. The second kappa shape index (κ2) is 6.77. The van der Waals surface area contributed by atoms with Crippen LogP contribution in [0.5, 0.6) is 0 Å². The van der Waals surface area contributed by atoms with E-state index in [-0.39, 0.29) is 11.9 Å². The van der Waals surface area contributed by atoms with Gasteiger partial charge in [0.1, 0.15) is 9.88 Å². The Bertz CT molecular complexity index is 747. The van der Waals surface area contributed by atoms with E-state index in [1.54, 1.807) is 6.20 Å². The maximum atomic E-state index is 12.7. The molecule has 3 aliphatic rings. The zero-order valence-corrected chi connectivity index (χ0v) is 15.5. The van der Waals surface area contributed by atoms with E-state index in [2.05, 4.69) is 27.4 Å². The number of hydrogen-bond acceptors (Lipinski definition) is 5. The lowest BCUT2D eigenvalue weighted by Gasteiger charge is -2.49. The van der Waals surface area contributed by atoms with Gasteiger partial charge in [-0.25, -0.2) is 4.98 Å². The molecule has 4 heterocycles. The van der Waals surface area contributed by atoms with Crippen molar-refractivity contribution in [2.24, 2.45) is 5.92 Å². The Kier molecular flexibility index (Phi) is 4.48. The van der Waals surface area contributed by atoms with Gasteiger partial charge in [-0.05, 0) is 63.0 Å². The highest BCUT2D eigenvalue weighted by Gasteiger charge is 2.40. The van der Waals surface area contributed by atoms with E-state index in [0.717, 1.165) is 16.3 Å². The monoisotopic (exact) mass is 356 g/mol. The molecule has 2 bridgehead atoms. The summed E-state index contributed by atoms with van der Waals surface area (Å²) >= 11 is 1.46. The molecule has 1 aromatic heterocycles. The van der Waals surface area contributed by atoms with Crippen LogP contribution >= 0.6 is 11.3 Å². The standard InChI is InChI=1S/C19H24N4OS/c1-12-17(13-7-9-23(12)10-8-13)22-18(24)16-11-21-19(25-16)14-3-5-15(20-2)6-4-14/h3-6,11-13,17,20H,7-10H2,1-2H3,(H,22,24)/t12-,17+/m1/s1. The Morgan fingerprint density at radius 1 is 1.24 bits per heavy atom. The van der Waals surface area contributed by atoms with Gasteiger partial charge in [0.05, 0.1) is 6.20 Å². The normalized spacial score (nSPS) is 27.9. The lowest BCUT2D eigenvalue weighted by molar-refractivity contribution is 0.0218. The summed E-state index contributed by atoms with van der Waals surface area (Å²) in [6.45, 7) is 4.58. The smallest absolute Gasteiger partial charge is 0.263 e. The molecule has 1 amide bonds. The number of benzene rings is 1. The van der Waals surface area contributed by atoms with Crippen molar-refractivity contribution in [3.8, 4) is 10.6 Å². The van der Waals surface area contributed by atoms with Crippen LogP contribution < -0.4 is 10.6 Å². The number of amides is 1. The third-order valence-electron chi connectivity index (χ3n) is 5.63. The molecular weight excluding hydrogens is 332 g/mol. The van der Waals surface area contributed by atoms with Gasteiger partial charge in [0, 0.05) is 30.4 Å². The third kappa shape index (κ3) is 3.16. The molecule has 3 saturated heterocycles. The van der Waals surface area contributed by atoms with Crippen molar-refractivity contribution >= 4 is 22.9 Å². The molecular formula is C19H24N4OS. The van der Waals surface area contributed by atoms with Crippen LogP contribution in [0.1, 0.15) is 29.4 Å². The lowest BCUT2D eigenvalue weighted by Crippen LogP contribution is -2.62. The first kappa shape index (κ1) is 16.5. The molecule has 1 aromatic carbocycles. The van der Waals surface area contributed by atoms with Crippen molar-refractivity contribution in [2.45, 2.75) is 31.8 Å². The third-order valence-corrected chi connectivity index (χ3v) is 6.67. The fourth-order valence-corrected chi connectivity index (χ4v) is 4.88. The first-order valence-electron chi connectivity index (χ1n) is 8.94. The van der Waals surface area contributed by atoms with Crippen LogP contribution in [0.2, 0.25) is 0 Å². The minimum atomic E-state index is 0.0150. The molecule has 0 aliphatic carbocycles. The fraction of sp³-hybridized carbons (Fsp3) is 0.474. The van der Waals surface area contributed by atoms with Gasteiger partial charge in [0.25, 0.3) is 5.91 Å². The summed E-state index contributed by atoms with van der Waals surface area (Å²) < 4.78 is 0. The van der Waals surface area contributed by atoms with Gasteiger partial charge in [0.15, 0.2) is 0 Å². The van der Waals surface area contributed by atoms with Crippen LogP contribution in [0.15, 0.2) is 30.5 Å². The summed E-state index contributed by atoms with van der Waals surface area (Å²) in [6.07, 6.45) is 4.09. The zero-order chi connectivity index (χ0) is 17.4. The minimum Gasteiger partial charge on any atom is -0.388 e. The van der Waals surface area contributed by atoms with Crippen LogP contribution in [0.4, 0.5) is 5.69 Å². The topological polar surface area (TPSA) is 57.3 Å². The van der Waals surface area contributed by atoms with Gasteiger partial charge < -0.3 is 10.6 Å². The summed E-state index contributed by atoms with van der Waals surface area (Å²) in [6, 6.07) is 8.79. The van der Waals surface area contributed by atoms with E-state index in [1.165, 1.54) is 37.3 Å². The largest absolute Gasteiger partial charge is 0.388 e. The molecule has 132 valence electrons. The molecule has 2 N–H and O–H groups in total. The molecule has 0 spiro atoms. The fourth-order valence-electron chi connectivity index (χ4n) is 4.06. The van der Waals surface area contributed by atoms with Crippen molar-refractivity contribution in [1.82, 2.24) is 15.2 Å². The number of carbonyl (C=O) groups is 1. The van der Waals surface area contributed by atoms with Crippen molar-refractivity contribution < 1.29 is 4.79 Å².